The van der Waals surface area contributed by atoms with E-state index in [0.717, 1.165) is 25.2 Å². The van der Waals surface area contributed by atoms with Gasteiger partial charge >= 0.3 is 0 Å². The number of nitrogens with zero attached hydrogens (tertiary/aromatic N) is 2. The number of ether oxygens (including phenoxy) is 1. The molecule has 1 N–H and O–H groups in total. The number of aromatic nitrogens is 1. The molecular formula is C13H20N2O2. The summed E-state index contributed by atoms with van der Waals surface area (Å²) in [6.07, 6.45) is 1.85. The van der Waals surface area contributed by atoms with Crippen LogP contribution in [-0.4, -0.2) is 35.4 Å². The lowest BCUT2D eigenvalue weighted by Crippen LogP contribution is -2.46. The molecule has 1 aliphatic heterocycles. The quantitative estimate of drug-likeness (QED) is 0.869. The highest BCUT2D eigenvalue weighted by Gasteiger charge is 2.29. The molecule has 1 atom stereocenters. The second-order valence-corrected chi connectivity index (χ2v) is 4.79. The minimum absolute atomic E-state index is 0.610. The molecule has 2 rings (SSSR count). The van der Waals surface area contributed by atoms with Gasteiger partial charge in [0.25, 0.3) is 0 Å². The number of hydrogen-bond acceptors (Lipinski definition) is 4. The first kappa shape index (κ1) is 12.2. The van der Waals surface area contributed by atoms with E-state index >= 15 is 0 Å². The van der Waals surface area contributed by atoms with Crippen molar-refractivity contribution in [3.8, 4) is 5.88 Å². The number of anilines is 1. The van der Waals surface area contributed by atoms with Gasteiger partial charge in [0, 0.05) is 19.2 Å². The highest BCUT2D eigenvalue weighted by atomic mass is 16.5. The first-order chi connectivity index (χ1) is 8.11. The van der Waals surface area contributed by atoms with Gasteiger partial charge in [-0.2, -0.15) is 4.98 Å². The Hall–Kier alpha value is -1.29. The maximum Gasteiger partial charge on any atom is 0.215 e. The number of hydrogen-bond donors (Lipinski definition) is 1. The molecule has 0 saturated carbocycles. The van der Waals surface area contributed by atoms with Crippen LogP contribution >= 0.6 is 0 Å². The average Bonchev–Trinajstić information content (AvgIpc) is 2.28. The minimum atomic E-state index is -0.610. The number of β-amino-alcohol motifs (C(OH)–C–C–N with tert-alkyl or cyclic N) is 1. The monoisotopic (exact) mass is 236 g/mol. The molecule has 0 spiro atoms. The van der Waals surface area contributed by atoms with Crippen LogP contribution in [0.1, 0.15) is 26.7 Å². The zero-order valence-electron chi connectivity index (χ0n) is 10.5. The highest BCUT2D eigenvalue weighted by Crippen LogP contribution is 2.25. The Bertz CT molecular complexity index is 379. The lowest BCUT2D eigenvalue weighted by molar-refractivity contribution is 0.0446. The molecule has 1 aliphatic rings. The van der Waals surface area contributed by atoms with Crippen molar-refractivity contribution in [3.63, 3.8) is 0 Å². The van der Waals surface area contributed by atoms with Gasteiger partial charge in [-0.3, -0.25) is 0 Å². The van der Waals surface area contributed by atoms with Crippen LogP contribution in [0.3, 0.4) is 0 Å². The topological polar surface area (TPSA) is 45.6 Å². The van der Waals surface area contributed by atoms with Crippen LogP contribution in [0.4, 0.5) is 5.82 Å². The van der Waals surface area contributed by atoms with E-state index < -0.39 is 5.60 Å². The normalized spacial score (nSPS) is 24.8. The lowest BCUT2D eigenvalue weighted by Gasteiger charge is -2.37. The van der Waals surface area contributed by atoms with Gasteiger partial charge < -0.3 is 14.7 Å². The molecule has 1 unspecified atom stereocenters. The van der Waals surface area contributed by atoms with Crippen molar-refractivity contribution in [2.75, 3.05) is 24.6 Å². The Morgan fingerprint density at radius 1 is 1.53 bits per heavy atom. The van der Waals surface area contributed by atoms with Crippen LogP contribution in [0.25, 0.3) is 0 Å². The summed E-state index contributed by atoms with van der Waals surface area (Å²) >= 11 is 0. The number of piperidine rings is 1. The Morgan fingerprint density at radius 3 is 3.06 bits per heavy atom. The Kier molecular flexibility index (Phi) is 3.52. The number of aliphatic hydroxyl groups is 1. The van der Waals surface area contributed by atoms with E-state index in [1.807, 2.05) is 32.0 Å². The second-order valence-electron chi connectivity index (χ2n) is 4.79. The van der Waals surface area contributed by atoms with Crippen molar-refractivity contribution < 1.29 is 9.84 Å². The van der Waals surface area contributed by atoms with Crippen LogP contribution in [0.5, 0.6) is 5.88 Å². The van der Waals surface area contributed by atoms with Gasteiger partial charge in [-0.25, -0.2) is 0 Å². The molecule has 0 aromatic carbocycles. The Balaban J connectivity index is 2.13. The predicted octanol–water partition coefficient (Wildman–Crippen LogP) is 1.83. The fourth-order valence-corrected chi connectivity index (χ4v) is 2.22. The van der Waals surface area contributed by atoms with Gasteiger partial charge in [0.05, 0.1) is 12.2 Å². The Labute approximate surface area is 102 Å². The number of pyridine rings is 1. The first-order valence-corrected chi connectivity index (χ1v) is 6.18. The molecule has 0 radical (unpaired) electrons. The van der Waals surface area contributed by atoms with E-state index in [-0.39, 0.29) is 0 Å². The fraction of sp³-hybridized carbons (Fsp3) is 0.615. The van der Waals surface area contributed by atoms with Crippen molar-refractivity contribution in [2.45, 2.75) is 32.3 Å². The molecule has 1 fully saturated rings. The van der Waals surface area contributed by atoms with Gasteiger partial charge in [0.15, 0.2) is 0 Å². The molecule has 17 heavy (non-hydrogen) atoms. The molecular weight excluding hydrogens is 216 g/mol. The average molecular weight is 236 g/mol. The van der Waals surface area contributed by atoms with Crippen LogP contribution in [0, 0.1) is 0 Å². The van der Waals surface area contributed by atoms with Gasteiger partial charge in [0.1, 0.15) is 5.82 Å². The van der Waals surface area contributed by atoms with Crippen molar-refractivity contribution in [2.24, 2.45) is 0 Å². The summed E-state index contributed by atoms with van der Waals surface area (Å²) in [6.45, 7) is 6.02. The summed E-state index contributed by atoms with van der Waals surface area (Å²) in [5.74, 6) is 1.53. The molecule has 4 heteroatoms. The maximum atomic E-state index is 10.1. The van der Waals surface area contributed by atoms with E-state index in [9.17, 15) is 5.11 Å². The van der Waals surface area contributed by atoms with Crippen molar-refractivity contribution in [1.82, 2.24) is 4.98 Å². The van der Waals surface area contributed by atoms with E-state index in [2.05, 4.69) is 9.88 Å². The maximum absolute atomic E-state index is 10.1. The third-order valence-electron chi connectivity index (χ3n) is 3.00. The highest BCUT2D eigenvalue weighted by molar-refractivity contribution is 5.41. The lowest BCUT2D eigenvalue weighted by atomic mass is 9.95. The van der Waals surface area contributed by atoms with E-state index in [0.29, 0.717) is 19.0 Å². The molecule has 2 heterocycles. The molecule has 1 saturated heterocycles. The SMILES string of the molecule is CCOc1cccc(N2CCCC(C)(O)C2)n1. The van der Waals surface area contributed by atoms with Gasteiger partial charge in [-0.15, -0.1) is 0 Å². The van der Waals surface area contributed by atoms with Crippen molar-refractivity contribution in [3.05, 3.63) is 18.2 Å². The number of rotatable bonds is 3. The molecule has 94 valence electrons. The van der Waals surface area contributed by atoms with E-state index in [1.54, 1.807) is 0 Å². The summed E-state index contributed by atoms with van der Waals surface area (Å²) in [5.41, 5.74) is -0.610. The minimum Gasteiger partial charge on any atom is -0.478 e. The van der Waals surface area contributed by atoms with Crippen LogP contribution < -0.4 is 9.64 Å². The van der Waals surface area contributed by atoms with Gasteiger partial charge in [0.2, 0.25) is 5.88 Å². The van der Waals surface area contributed by atoms with Crippen LogP contribution in [0.2, 0.25) is 0 Å². The van der Waals surface area contributed by atoms with Crippen LogP contribution in [-0.2, 0) is 0 Å². The summed E-state index contributed by atoms with van der Waals surface area (Å²) in [5, 5.41) is 10.1. The molecule has 0 amide bonds. The molecule has 1 aromatic heterocycles. The first-order valence-electron chi connectivity index (χ1n) is 6.18. The third-order valence-corrected chi connectivity index (χ3v) is 3.00. The fourth-order valence-electron chi connectivity index (χ4n) is 2.22. The van der Waals surface area contributed by atoms with E-state index in [1.165, 1.54) is 0 Å². The van der Waals surface area contributed by atoms with Crippen LogP contribution in [0.15, 0.2) is 18.2 Å². The molecule has 0 bridgehead atoms. The van der Waals surface area contributed by atoms with Gasteiger partial charge in [-0.1, -0.05) is 6.07 Å². The van der Waals surface area contributed by atoms with Gasteiger partial charge in [-0.05, 0) is 32.8 Å². The Morgan fingerprint density at radius 2 is 2.35 bits per heavy atom. The third kappa shape index (κ3) is 3.09. The zero-order valence-corrected chi connectivity index (χ0v) is 10.5. The van der Waals surface area contributed by atoms with E-state index in [4.69, 9.17) is 4.74 Å². The predicted molar refractivity (Wildman–Crippen MR) is 67.5 cm³/mol. The standard InChI is InChI=1S/C13H20N2O2/c1-3-17-12-7-4-6-11(14-12)15-9-5-8-13(2,16)10-15/h4,6-7,16H,3,5,8-10H2,1-2H3. The summed E-state index contributed by atoms with van der Waals surface area (Å²) in [7, 11) is 0. The van der Waals surface area contributed by atoms with Crippen molar-refractivity contribution in [1.29, 1.82) is 0 Å². The zero-order chi connectivity index (χ0) is 12.3. The molecule has 4 nitrogen and oxygen atoms in total. The second kappa shape index (κ2) is 4.92. The largest absolute Gasteiger partial charge is 0.478 e. The molecule has 1 aromatic rings. The van der Waals surface area contributed by atoms with Crippen molar-refractivity contribution >= 4 is 5.82 Å². The smallest absolute Gasteiger partial charge is 0.215 e. The summed E-state index contributed by atoms with van der Waals surface area (Å²) in [6, 6.07) is 5.76. The summed E-state index contributed by atoms with van der Waals surface area (Å²) < 4.78 is 5.39. The summed E-state index contributed by atoms with van der Waals surface area (Å²) in [4.78, 5) is 6.56. The molecule has 0 aliphatic carbocycles.